The summed E-state index contributed by atoms with van der Waals surface area (Å²) in [7, 11) is 0. The molecule has 1 aromatic heterocycles. The van der Waals surface area contributed by atoms with Crippen molar-refractivity contribution in [1.82, 2.24) is 10.1 Å². The molecule has 0 spiro atoms. The van der Waals surface area contributed by atoms with Gasteiger partial charge in [-0.1, -0.05) is 12.1 Å². The van der Waals surface area contributed by atoms with Crippen LogP contribution in [-0.2, 0) is 16.0 Å². The Morgan fingerprint density at radius 2 is 2.41 bits per heavy atom. The predicted octanol–water partition coefficient (Wildman–Crippen LogP) is 1.87. The lowest BCUT2D eigenvalue weighted by Crippen LogP contribution is -2.11. The molecule has 1 aliphatic rings. The summed E-state index contributed by atoms with van der Waals surface area (Å²) in [6, 6.07) is 0. The van der Waals surface area contributed by atoms with E-state index in [1.807, 2.05) is 6.92 Å². The standard InChI is InChI=1S/C12H18N2O3/c1-3-10(8(2)15)12-13-11(14-17-12)7-9-5-4-6-16-9/h9-10H,3-7H2,1-2H3. The van der Waals surface area contributed by atoms with E-state index in [1.54, 1.807) is 6.92 Å². The molecule has 1 aliphatic heterocycles. The molecule has 1 saturated heterocycles. The first kappa shape index (κ1) is 12.2. The van der Waals surface area contributed by atoms with E-state index >= 15 is 0 Å². The largest absolute Gasteiger partial charge is 0.378 e. The Labute approximate surface area is 101 Å². The zero-order chi connectivity index (χ0) is 12.3. The van der Waals surface area contributed by atoms with Crippen LogP contribution in [0.2, 0.25) is 0 Å². The van der Waals surface area contributed by atoms with Crippen LogP contribution < -0.4 is 0 Å². The Hall–Kier alpha value is -1.23. The minimum atomic E-state index is -0.263. The molecule has 2 heterocycles. The summed E-state index contributed by atoms with van der Waals surface area (Å²) in [5.74, 6) is 0.889. The van der Waals surface area contributed by atoms with Gasteiger partial charge in [-0.25, -0.2) is 0 Å². The van der Waals surface area contributed by atoms with E-state index < -0.39 is 0 Å². The van der Waals surface area contributed by atoms with Crippen molar-refractivity contribution in [3.63, 3.8) is 0 Å². The summed E-state index contributed by atoms with van der Waals surface area (Å²) in [5, 5.41) is 3.91. The molecule has 1 aromatic rings. The van der Waals surface area contributed by atoms with Crippen LogP contribution in [0.5, 0.6) is 0 Å². The van der Waals surface area contributed by atoms with Gasteiger partial charge >= 0.3 is 0 Å². The quantitative estimate of drug-likeness (QED) is 0.783. The van der Waals surface area contributed by atoms with E-state index in [0.717, 1.165) is 19.4 Å². The maximum atomic E-state index is 11.4. The van der Waals surface area contributed by atoms with E-state index in [2.05, 4.69) is 10.1 Å². The average molecular weight is 238 g/mol. The van der Waals surface area contributed by atoms with Gasteiger partial charge in [-0.15, -0.1) is 0 Å². The number of Topliss-reactive ketones (excluding diaryl/α,β-unsaturated/α-hetero) is 1. The molecule has 94 valence electrons. The third-order valence-corrected chi connectivity index (χ3v) is 3.12. The maximum Gasteiger partial charge on any atom is 0.237 e. The monoisotopic (exact) mass is 238 g/mol. The second-order valence-electron chi connectivity index (χ2n) is 4.46. The van der Waals surface area contributed by atoms with Crippen LogP contribution >= 0.6 is 0 Å². The summed E-state index contributed by atoms with van der Waals surface area (Å²) in [5.41, 5.74) is 0. The van der Waals surface area contributed by atoms with Crippen molar-refractivity contribution in [2.45, 2.75) is 51.6 Å². The minimum Gasteiger partial charge on any atom is -0.378 e. The third kappa shape index (κ3) is 2.91. The molecule has 0 aliphatic carbocycles. The van der Waals surface area contributed by atoms with Crippen molar-refractivity contribution in [2.24, 2.45) is 0 Å². The summed E-state index contributed by atoms with van der Waals surface area (Å²) in [4.78, 5) is 15.7. The molecular formula is C12H18N2O3. The highest BCUT2D eigenvalue weighted by Crippen LogP contribution is 2.20. The van der Waals surface area contributed by atoms with Crippen LogP contribution in [0, 0.1) is 0 Å². The van der Waals surface area contributed by atoms with Gasteiger partial charge in [0.2, 0.25) is 5.89 Å². The highest BCUT2D eigenvalue weighted by molar-refractivity contribution is 5.82. The molecule has 0 saturated carbocycles. The molecular weight excluding hydrogens is 220 g/mol. The van der Waals surface area contributed by atoms with Gasteiger partial charge in [0.15, 0.2) is 5.82 Å². The summed E-state index contributed by atoms with van der Waals surface area (Å²) in [6.07, 6.45) is 3.72. The third-order valence-electron chi connectivity index (χ3n) is 3.12. The van der Waals surface area contributed by atoms with Gasteiger partial charge in [-0.2, -0.15) is 4.98 Å². The fraction of sp³-hybridized carbons (Fsp3) is 0.750. The lowest BCUT2D eigenvalue weighted by Gasteiger charge is -2.05. The van der Waals surface area contributed by atoms with E-state index in [1.165, 1.54) is 0 Å². The highest BCUT2D eigenvalue weighted by atomic mass is 16.5. The molecule has 2 unspecified atom stereocenters. The number of carbonyl (C=O) groups is 1. The Balaban J connectivity index is 2.01. The molecule has 0 N–H and O–H groups in total. The van der Waals surface area contributed by atoms with Gasteiger partial charge in [0, 0.05) is 13.0 Å². The van der Waals surface area contributed by atoms with Crippen molar-refractivity contribution >= 4 is 5.78 Å². The second kappa shape index (κ2) is 5.40. The lowest BCUT2D eigenvalue weighted by atomic mass is 10.0. The first-order valence-corrected chi connectivity index (χ1v) is 6.15. The van der Waals surface area contributed by atoms with Crippen molar-refractivity contribution in [1.29, 1.82) is 0 Å². The second-order valence-corrected chi connectivity index (χ2v) is 4.46. The minimum absolute atomic E-state index is 0.0693. The Bertz CT molecular complexity index is 383. The topological polar surface area (TPSA) is 65.2 Å². The lowest BCUT2D eigenvalue weighted by molar-refractivity contribution is -0.119. The Morgan fingerprint density at radius 3 is 3.00 bits per heavy atom. The van der Waals surface area contributed by atoms with Gasteiger partial charge in [0.25, 0.3) is 0 Å². The van der Waals surface area contributed by atoms with Gasteiger partial charge in [-0.05, 0) is 26.2 Å². The van der Waals surface area contributed by atoms with Crippen molar-refractivity contribution < 1.29 is 14.1 Å². The molecule has 5 nitrogen and oxygen atoms in total. The van der Waals surface area contributed by atoms with Gasteiger partial charge in [-0.3, -0.25) is 4.79 Å². The van der Waals surface area contributed by atoms with E-state index in [9.17, 15) is 4.79 Å². The molecule has 2 rings (SSSR count). The molecule has 17 heavy (non-hydrogen) atoms. The predicted molar refractivity (Wildman–Crippen MR) is 60.7 cm³/mol. The fourth-order valence-corrected chi connectivity index (χ4v) is 2.14. The maximum absolute atomic E-state index is 11.4. The normalized spacial score (nSPS) is 21.6. The highest BCUT2D eigenvalue weighted by Gasteiger charge is 2.23. The number of ketones is 1. The fourth-order valence-electron chi connectivity index (χ4n) is 2.14. The Kier molecular flexibility index (Phi) is 3.89. The van der Waals surface area contributed by atoms with Crippen molar-refractivity contribution in [2.75, 3.05) is 6.61 Å². The number of hydrogen-bond donors (Lipinski definition) is 0. The first-order chi connectivity index (χ1) is 8.20. The molecule has 0 aromatic carbocycles. The van der Waals surface area contributed by atoms with Crippen molar-refractivity contribution in [3.05, 3.63) is 11.7 Å². The Morgan fingerprint density at radius 1 is 1.59 bits per heavy atom. The number of rotatable bonds is 5. The van der Waals surface area contributed by atoms with Crippen LogP contribution in [-0.4, -0.2) is 28.6 Å². The van der Waals surface area contributed by atoms with Gasteiger partial charge in [0.1, 0.15) is 5.78 Å². The van der Waals surface area contributed by atoms with Crippen LogP contribution in [0.1, 0.15) is 50.7 Å². The number of aromatic nitrogens is 2. The summed E-state index contributed by atoms with van der Waals surface area (Å²) < 4.78 is 10.7. The SMILES string of the molecule is CCC(C(C)=O)c1nc(CC2CCCO2)no1. The van der Waals surface area contributed by atoms with Gasteiger partial charge in [0.05, 0.1) is 12.0 Å². The first-order valence-electron chi connectivity index (χ1n) is 6.15. The summed E-state index contributed by atoms with van der Waals surface area (Å²) >= 11 is 0. The number of ether oxygens (including phenoxy) is 1. The van der Waals surface area contributed by atoms with Crippen LogP contribution in [0.15, 0.2) is 4.52 Å². The van der Waals surface area contributed by atoms with Crippen LogP contribution in [0.3, 0.4) is 0 Å². The number of nitrogens with zero attached hydrogens (tertiary/aromatic N) is 2. The van der Waals surface area contributed by atoms with Crippen molar-refractivity contribution in [3.8, 4) is 0 Å². The number of carbonyl (C=O) groups excluding carboxylic acids is 1. The molecule has 5 heteroatoms. The zero-order valence-corrected chi connectivity index (χ0v) is 10.3. The molecule has 2 atom stereocenters. The van der Waals surface area contributed by atoms with Crippen LogP contribution in [0.25, 0.3) is 0 Å². The molecule has 1 fully saturated rings. The molecule has 0 bridgehead atoms. The van der Waals surface area contributed by atoms with E-state index in [0.29, 0.717) is 24.6 Å². The van der Waals surface area contributed by atoms with E-state index in [4.69, 9.17) is 9.26 Å². The average Bonchev–Trinajstić information content (AvgIpc) is 2.91. The van der Waals surface area contributed by atoms with E-state index in [-0.39, 0.29) is 17.8 Å². The van der Waals surface area contributed by atoms with Gasteiger partial charge < -0.3 is 9.26 Å². The molecule has 0 radical (unpaired) electrons. The molecule has 0 amide bonds. The zero-order valence-electron chi connectivity index (χ0n) is 10.3. The summed E-state index contributed by atoms with van der Waals surface area (Å²) in [6.45, 7) is 4.31. The number of hydrogen-bond acceptors (Lipinski definition) is 5. The smallest absolute Gasteiger partial charge is 0.237 e. The van der Waals surface area contributed by atoms with Crippen LogP contribution in [0.4, 0.5) is 0 Å².